The van der Waals surface area contributed by atoms with E-state index in [2.05, 4.69) is 0 Å². The van der Waals surface area contributed by atoms with Crippen molar-refractivity contribution in [1.82, 2.24) is 0 Å². The molecule has 2 rings (SSSR count). The van der Waals surface area contributed by atoms with Crippen molar-refractivity contribution in [3.63, 3.8) is 0 Å². The number of hydrogen-bond donors (Lipinski definition) is 0. The average Bonchev–Trinajstić information content (AvgIpc) is 2.85. The minimum atomic E-state index is -3.01. The molecule has 0 amide bonds. The minimum Gasteiger partial charge on any atom is -0.223 e. The summed E-state index contributed by atoms with van der Waals surface area (Å²) in [5.74, 6) is 0.338. The fourth-order valence-corrected chi connectivity index (χ4v) is 3.56. The first-order valence-electron chi connectivity index (χ1n) is 4.41. The van der Waals surface area contributed by atoms with Crippen LogP contribution in [0.1, 0.15) is 13.3 Å². The van der Waals surface area contributed by atoms with Crippen LogP contribution < -0.4 is 0 Å². The topological polar surface area (TPSA) is 34.1 Å². The van der Waals surface area contributed by atoms with Crippen molar-refractivity contribution in [1.29, 1.82) is 0 Å². The molecule has 0 saturated heterocycles. The van der Waals surface area contributed by atoms with Gasteiger partial charge in [-0.05, 0) is 24.5 Å². The summed E-state index contributed by atoms with van der Waals surface area (Å²) in [5, 5.41) is -0.130. The maximum absolute atomic E-state index is 11.8. The van der Waals surface area contributed by atoms with Crippen LogP contribution in [0, 0.1) is 5.92 Å². The predicted molar refractivity (Wildman–Crippen MR) is 51.2 cm³/mol. The first-order chi connectivity index (χ1) is 6.12. The largest absolute Gasteiger partial charge is 0.223 e. The van der Waals surface area contributed by atoms with E-state index in [1.54, 1.807) is 24.3 Å². The zero-order valence-corrected chi connectivity index (χ0v) is 8.29. The van der Waals surface area contributed by atoms with E-state index in [9.17, 15) is 8.42 Å². The molecule has 1 unspecified atom stereocenters. The second-order valence-electron chi connectivity index (χ2n) is 3.61. The highest BCUT2D eigenvalue weighted by Gasteiger charge is 2.44. The molecule has 2 atom stereocenters. The first-order valence-corrected chi connectivity index (χ1v) is 5.96. The molecule has 0 radical (unpaired) electrons. The molecule has 13 heavy (non-hydrogen) atoms. The van der Waals surface area contributed by atoms with Crippen molar-refractivity contribution in [2.45, 2.75) is 23.5 Å². The molecule has 1 aromatic rings. The van der Waals surface area contributed by atoms with Crippen molar-refractivity contribution in [3.8, 4) is 0 Å². The van der Waals surface area contributed by atoms with Crippen LogP contribution in [-0.4, -0.2) is 13.7 Å². The summed E-state index contributed by atoms with van der Waals surface area (Å²) >= 11 is 0. The second kappa shape index (κ2) is 2.84. The summed E-state index contributed by atoms with van der Waals surface area (Å²) in [4.78, 5) is 0.462. The fraction of sp³-hybridized carbons (Fsp3) is 0.400. The van der Waals surface area contributed by atoms with Crippen LogP contribution in [0.3, 0.4) is 0 Å². The Balaban J connectivity index is 2.36. The molecule has 70 valence electrons. The van der Waals surface area contributed by atoms with E-state index < -0.39 is 9.84 Å². The molecule has 0 spiro atoms. The van der Waals surface area contributed by atoms with Crippen molar-refractivity contribution in [2.75, 3.05) is 0 Å². The summed E-state index contributed by atoms with van der Waals surface area (Å²) < 4.78 is 23.6. The third-order valence-electron chi connectivity index (χ3n) is 2.51. The second-order valence-corrected chi connectivity index (χ2v) is 5.78. The monoisotopic (exact) mass is 196 g/mol. The van der Waals surface area contributed by atoms with Crippen LogP contribution in [0.15, 0.2) is 35.2 Å². The van der Waals surface area contributed by atoms with Gasteiger partial charge in [0.2, 0.25) is 0 Å². The van der Waals surface area contributed by atoms with Crippen molar-refractivity contribution in [3.05, 3.63) is 30.3 Å². The fourth-order valence-electron chi connectivity index (χ4n) is 1.51. The summed E-state index contributed by atoms with van der Waals surface area (Å²) in [6.45, 7) is 1.98. The van der Waals surface area contributed by atoms with Gasteiger partial charge in [-0.15, -0.1) is 0 Å². The Bertz CT molecular complexity index is 394. The summed E-state index contributed by atoms with van der Waals surface area (Å²) in [6.07, 6.45) is 0.817. The third-order valence-corrected chi connectivity index (χ3v) is 4.89. The van der Waals surface area contributed by atoms with Gasteiger partial charge in [0, 0.05) is 0 Å². The maximum Gasteiger partial charge on any atom is 0.181 e. The Morgan fingerprint density at radius 3 is 2.23 bits per heavy atom. The lowest BCUT2D eigenvalue weighted by Gasteiger charge is -2.01. The van der Waals surface area contributed by atoms with Crippen LogP contribution in [-0.2, 0) is 9.84 Å². The van der Waals surface area contributed by atoms with E-state index in [-0.39, 0.29) is 5.25 Å². The lowest BCUT2D eigenvalue weighted by atomic mass is 10.4. The molecular formula is C10H12O2S. The lowest BCUT2D eigenvalue weighted by molar-refractivity contribution is 0.593. The van der Waals surface area contributed by atoms with Gasteiger partial charge >= 0.3 is 0 Å². The highest BCUT2D eigenvalue weighted by Crippen LogP contribution is 2.39. The van der Waals surface area contributed by atoms with Gasteiger partial charge in [-0.3, -0.25) is 0 Å². The number of sulfone groups is 1. The smallest absolute Gasteiger partial charge is 0.181 e. The number of benzene rings is 1. The van der Waals surface area contributed by atoms with E-state index >= 15 is 0 Å². The molecule has 0 heterocycles. The lowest BCUT2D eigenvalue weighted by Crippen LogP contribution is -2.08. The molecular weight excluding hydrogens is 184 g/mol. The Labute approximate surface area is 78.5 Å². The zero-order chi connectivity index (χ0) is 9.47. The predicted octanol–water partition coefficient (Wildman–Crippen LogP) is 1.87. The van der Waals surface area contributed by atoms with Crippen LogP contribution in [0.25, 0.3) is 0 Å². The molecule has 3 heteroatoms. The molecule has 0 aromatic heterocycles. The SMILES string of the molecule is C[C@@H]1CC1S(=O)(=O)c1ccccc1. The van der Waals surface area contributed by atoms with E-state index in [0.29, 0.717) is 10.8 Å². The van der Waals surface area contributed by atoms with Crippen molar-refractivity contribution >= 4 is 9.84 Å². The Morgan fingerprint density at radius 1 is 1.23 bits per heavy atom. The zero-order valence-electron chi connectivity index (χ0n) is 7.47. The highest BCUT2D eigenvalue weighted by molar-refractivity contribution is 7.92. The molecule has 1 aliphatic rings. The van der Waals surface area contributed by atoms with Crippen LogP contribution >= 0.6 is 0 Å². The van der Waals surface area contributed by atoms with Gasteiger partial charge < -0.3 is 0 Å². The van der Waals surface area contributed by atoms with Gasteiger partial charge in [-0.25, -0.2) is 8.42 Å². The standard InChI is InChI=1S/C10H12O2S/c1-8-7-10(8)13(11,12)9-5-3-2-4-6-9/h2-6,8,10H,7H2,1H3/t8-,10?/m1/s1. The van der Waals surface area contributed by atoms with E-state index in [1.165, 1.54) is 0 Å². The summed E-state index contributed by atoms with van der Waals surface area (Å²) in [5.41, 5.74) is 0. The van der Waals surface area contributed by atoms with Gasteiger partial charge in [0.1, 0.15) is 0 Å². The van der Waals surface area contributed by atoms with Crippen LogP contribution in [0.4, 0.5) is 0 Å². The molecule has 2 nitrogen and oxygen atoms in total. The van der Waals surface area contributed by atoms with E-state index in [1.807, 2.05) is 13.0 Å². The molecule has 1 fully saturated rings. The third kappa shape index (κ3) is 1.48. The van der Waals surface area contributed by atoms with Crippen molar-refractivity contribution < 1.29 is 8.42 Å². The van der Waals surface area contributed by atoms with Gasteiger partial charge in [0.25, 0.3) is 0 Å². The number of hydrogen-bond acceptors (Lipinski definition) is 2. The molecule has 0 aliphatic heterocycles. The van der Waals surface area contributed by atoms with Crippen LogP contribution in [0.5, 0.6) is 0 Å². The number of rotatable bonds is 2. The quantitative estimate of drug-likeness (QED) is 0.723. The molecule has 1 aliphatic carbocycles. The van der Waals surface area contributed by atoms with Gasteiger partial charge in [-0.1, -0.05) is 25.1 Å². The Kier molecular flexibility index (Phi) is 1.91. The van der Waals surface area contributed by atoms with E-state index in [4.69, 9.17) is 0 Å². The normalized spacial score (nSPS) is 27.2. The van der Waals surface area contributed by atoms with Crippen molar-refractivity contribution in [2.24, 2.45) is 5.92 Å². The minimum absolute atomic E-state index is 0.130. The van der Waals surface area contributed by atoms with Crippen LogP contribution in [0.2, 0.25) is 0 Å². The Morgan fingerprint density at radius 2 is 1.77 bits per heavy atom. The van der Waals surface area contributed by atoms with Gasteiger partial charge in [-0.2, -0.15) is 0 Å². The Hall–Kier alpha value is -0.830. The molecule has 0 bridgehead atoms. The maximum atomic E-state index is 11.8. The average molecular weight is 196 g/mol. The summed E-state index contributed by atoms with van der Waals surface area (Å²) in [7, 11) is -3.01. The van der Waals surface area contributed by atoms with Gasteiger partial charge in [0.05, 0.1) is 10.1 Å². The van der Waals surface area contributed by atoms with Gasteiger partial charge in [0.15, 0.2) is 9.84 Å². The first kappa shape index (κ1) is 8.75. The summed E-state index contributed by atoms with van der Waals surface area (Å²) in [6, 6.07) is 8.69. The van der Waals surface area contributed by atoms with E-state index in [0.717, 1.165) is 6.42 Å². The molecule has 1 aromatic carbocycles. The highest BCUT2D eigenvalue weighted by atomic mass is 32.2. The molecule has 1 saturated carbocycles. The molecule has 0 N–H and O–H groups in total.